The predicted molar refractivity (Wildman–Crippen MR) is 89.1 cm³/mol. The number of rotatable bonds is 8. The molecule has 2 rings (SSSR count). The fourth-order valence-electron chi connectivity index (χ4n) is 2.56. The summed E-state index contributed by atoms with van der Waals surface area (Å²) in [6, 6.07) is 0. The number of carbonyl (C=O) groups excluding carboxylic acids is 1. The molecule has 0 saturated carbocycles. The van der Waals surface area contributed by atoms with E-state index in [1.807, 2.05) is 0 Å². The molecule has 11 heteroatoms. The van der Waals surface area contributed by atoms with Crippen molar-refractivity contribution in [3.8, 4) is 0 Å². The highest BCUT2D eigenvalue weighted by molar-refractivity contribution is 5.76. The van der Waals surface area contributed by atoms with Gasteiger partial charge < -0.3 is 24.4 Å². The molecule has 1 aromatic rings. The normalized spacial score (nSPS) is 16.5. The number of methoxy groups -OCH3 is 1. The molecule has 1 unspecified atom stereocenters. The Bertz CT molecular complexity index is 592. The summed E-state index contributed by atoms with van der Waals surface area (Å²) in [7, 11) is 1.47. The minimum atomic E-state index is -4.47. The molecular weight excluding hydrogens is 369 g/mol. The molecule has 1 fully saturated rings. The van der Waals surface area contributed by atoms with E-state index >= 15 is 0 Å². The molecule has 0 aromatic carbocycles. The van der Waals surface area contributed by atoms with Gasteiger partial charge in [-0.05, 0) is 0 Å². The molecule has 2 heterocycles. The lowest BCUT2D eigenvalue weighted by molar-refractivity contribution is -0.138. The van der Waals surface area contributed by atoms with E-state index in [1.54, 1.807) is 9.80 Å². The largest absolute Gasteiger partial charge is 0.419 e. The summed E-state index contributed by atoms with van der Waals surface area (Å²) in [5.41, 5.74) is -0.893. The summed E-state index contributed by atoms with van der Waals surface area (Å²) in [6.07, 6.45) is -3.48. The SMILES string of the molecule is COCC(O)COCCC(=O)N1CCN(c2ncc(C(F)(F)F)cn2)CC1. The van der Waals surface area contributed by atoms with Gasteiger partial charge in [0.15, 0.2) is 0 Å². The highest BCUT2D eigenvalue weighted by Gasteiger charge is 2.32. The summed E-state index contributed by atoms with van der Waals surface area (Å²) >= 11 is 0. The maximum Gasteiger partial charge on any atom is 0.419 e. The first-order valence-corrected chi connectivity index (χ1v) is 8.48. The number of ether oxygens (including phenoxy) is 2. The van der Waals surface area contributed by atoms with Crippen LogP contribution in [-0.4, -0.2) is 85.1 Å². The number of nitrogens with zero attached hydrogens (tertiary/aromatic N) is 4. The van der Waals surface area contributed by atoms with E-state index in [-0.39, 0.29) is 38.1 Å². The fourth-order valence-corrected chi connectivity index (χ4v) is 2.56. The van der Waals surface area contributed by atoms with Crippen molar-refractivity contribution in [1.82, 2.24) is 14.9 Å². The second-order valence-electron chi connectivity index (χ2n) is 6.07. The van der Waals surface area contributed by atoms with Crippen molar-refractivity contribution in [2.75, 3.05) is 58.0 Å². The van der Waals surface area contributed by atoms with E-state index in [0.717, 1.165) is 12.4 Å². The zero-order valence-corrected chi connectivity index (χ0v) is 15.0. The predicted octanol–water partition coefficient (Wildman–Crippen LogP) is 0.558. The number of aliphatic hydroxyl groups excluding tert-OH is 1. The lowest BCUT2D eigenvalue weighted by atomic mass is 10.3. The van der Waals surface area contributed by atoms with Crippen LogP contribution in [0.3, 0.4) is 0 Å². The van der Waals surface area contributed by atoms with E-state index < -0.39 is 17.8 Å². The quantitative estimate of drug-likeness (QED) is 0.647. The monoisotopic (exact) mass is 392 g/mol. The van der Waals surface area contributed by atoms with Crippen LogP contribution in [-0.2, 0) is 20.4 Å². The Morgan fingerprint density at radius 1 is 1.22 bits per heavy atom. The summed E-state index contributed by atoms with van der Waals surface area (Å²) in [6.45, 7) is 2.18. The number of anilines is 1. The van der Waals surface area contributed by atoms with Crippen LogP contribution in [0.2, 0.25) is 0 Å². The molecule has 8 nitrogen and oxygen atoms in total. The van der Waals surface area contributed by atoms with Crippen LogP contribution in [0.4, 0.5) is 19.1 Å². The van der Waals surface area contributed by atoms with Gasteiger partial charge in [-0.15, -0.1) is 0 Å². The van der Waals surface area contributed by atoms with E-state index in [1.165, 1.54) is 7.11 Å². The minimum absolute atomic E-state index is 0.0794. The van der Waals surface area contributed by atoms with Gasteiger partial charge in [0.05, 0.1) is 31.8 Å². The topological polar surface area (TPSA) is 88.0 Å². The molecule has 1 N–H and O–H groups in total. The molecule has 1 atom stereocenters. The molecule has 1 saturated heterocycles. The standard InChI is InChI=1S/C16H23F3N4O4/c1-26-10-13(24)11-27-7-2-14(25)22-3-5-23(6-4-22)15-20-8-12(9-21-15)16(17,18)19/h8-9,13,24H,2-7,10-11H2,1H3. The maximum atomic E-state index is 12.5. The zero-order valence-electron chi connectivity index (χ0n) is 15.0. The molecular formula is C16H23F3N4O4. The molecule has 1 aliphatic rings. The molecule has 0 spiro atoms. The van der Waals surface area contributed by atoms with Crippen molar-refractivity contribution in [3.63, 3.8) is 0 Å². The second-order valence-corrected chi connectivity index (χ2v) is 6.07. The smallest absolute Gasteiger partial charge is 0.388 e. The summed E-state index contributed by atoms with van der Waals surface area (Å²) in [5.74, 6) is 0.134. The van der Waals surface area contributed by atoms with Gasteiger partial charge in [-0.25, -0.2) is 9.97 Å². The van der Waals surface area contributed by atoms with Crippen LogP contribution in [0.25, 0.3) is 0 Å². The number of aromatic nitrogens is 2. The summed E-state index contributed by atoms with van der Waals surface area (Å²) < 4.78 is 47.6. The second kappa shape index (κ2) is 9.81. The Labute approximate surface area is 154 Å². The van der Waals surface area contributed by atoms with E-state index in [2.05, 4.69) is 9.97 Å². The van der Waals surface area contributed by atoms with Crippen LogP contribution < -0.4 is 4.90 Å². The van der Waals surface area contributed by atoms with Crippen LogP contribution >= 0.6 is 0 Å². The van der Waals surface area contributed by atoms with Crippen molar-refractivity contribution in [2.24, 2.45) is 0 Å². The summed E-state index contributed by atoms with van der Waals surface area (Å²) in [4.78, 5) is 23.1. The van der Waals surface area contributed by atoms with Gasteiger partial charge in [-0.1, -0.05) is 0 Å². The summed E-state index contributed by atoms with van der Waals surface area (Å²) in [5, 5.41) is 9.44. The van der Waals surface area contributed by atoms with E-state index in [4.69, 9.17) is 9.47 Å². The lowest BCUT2D eigenvalue weighted by Crippen LogP contribution is -2.49. The first kappa shape index (κ1) is 21.3. The van der Waals surface area contributed by atoms with Crippen molar-refractivity contribution < 1.29 is 32.5 Å². The van der Waals surface area contributed by atoms with Crippen LogP contribution in [0.15, 0.2) is 12.4 Å². The van der Waals surface area contributed by atoms with Gasteiger partial charge >= 0.3 is 6.18 Å². The highest BCUT2D eigenvalue weighted by atomic mass is 19.4. The van der Waals surface area contributed by atoms with Gasteiger partial charge in [0.25, 0.3) is 0 Å². The lowest BCUT2D eigenvalue weighted by Gasteiger charge is -2.34. The van der Waals surface area contributed by atoms with Crippen LogP contribution in [0.5, 0.6) is 0 Å². The van der Waals surface area contributed by atoms with Gasteiger partial charge in [0.2, 0.25) is 11.9 Å². The van der Waals surface area contributed by atoms with Gasteiger partial charge in [0.1, 0.15) is 6.10 Å². The molecule has 0 aliphatic carbocycles. The average Bonchev–Trinajstić information content (AvgIpc) is 2.65. The molecule has 0 bridgehead atoms. The molecule has 27 heavy (non-hydrogen) atoms. The number of aliphatic hydroxyl groups is 1. The zero-order chi connectivity index (χ0) is 19.9. The van der Waals surface area contributed by atoms with Crippen molar-refractivity contribution in [2.45, 2.75) is 18.7 Å². The Morgan fingerprint density at radius 3 is 2.41 bits per heavy atom. The minimum Gasteiger partial charge on any atom is -0.388 e. The first-order chi connectivity index (χ1) is 12.8. The number of halogens is 3. The number of hydrogen-bond donors (Lipinski definition) is 1. The maximum absolute atomic E-state index is 12.5. The van der Waals surface area contributed by atoms with Crippen LogP contribution in [0.1, 0.15) is 12.0 Å². The van der Waals surface area contributed by atoms with Crippen molar-refractivity contribution >= 4 is 11.9 Å². The van der Waals surface area contributed by atoms with Gasteiger partial charge in [-0.2, -0.15) is 13.2 Å². The number of piperazine rings is 1. The molecule has 0 radical (unpaired) electrons. The Morgan fingerprint density at radius 2 is 1.85 bits per heavy atom. The van der Waals surface area contributed by atoms with E-state index in [0.29, 0.717) is 26.2 Å². The fraction of sp³-hybridized carbons (Fsp3) is 0.688. The Hall–Kier alpha value is -1.98. The molecule has 1 aliphatic heterocycles. The first-order valence-electron chi connectivity index (χ1n) is 8.48. The Balaban J connectivity index is 1.72. The third kappa shape index (κ3) is 6.60. The number of alkyl halides is 3. The number of hydrogen-bond acceptors (Lipinski definition) is 7. The highest BCUT2D eigenvalue weighted by Crippen LogP contribution is 2.28. The van der Waals surface area contributed by atoms with Crippen LogP contribution in [0, 0.1) is 0 Å². The number of amides is 1. The molecule has 1 amide bonds. The van der Waals surface area contributed by atoms with E-state index in [9.17, 15) is 23.1 Å². The Kier molecular flexibility index (Phi) is 7.75. The third-order valence-electron chi connectivity index (χ3n) is 4.01. The third-order valence-corrected chi connectivity index (χ3v) is 4.01. The molecule has 1 aromatic heterocycles. The van der Waals surface area contributed by atoms with Gasteiger partial charge in [-0.3, -0.25) is 4.79 Å². The molecule has 152 valence electrons. The van der Waals surface area contributed by atoms with Gasteiger partial charge in [0, 0.05) is 45.7 Å². The van der Waals surface area contributed by atoms with Crippen molar-refractivity contribution in [3.05, 3.63) is 18.0 Å². The number of carbonyl (C=O) groups is 1. The average molecular weight is 392 g/mol. The van der Waals surface area contributed by atoms with Crippen molar-refractivity contribution in [1.29, 1.82) is 0 Å².